The van der Waals surface area contributed by atoms with Gasteiger partial charge in [-0.3, -0.25) is 9.88 Å². The summed E-state index contributed by atoms with van der Waals surface area (Å²) in [6, 6.07) is 10.9. The van der Waals surface area contributed by atoms with E-state index in [1.807, 2.05) is 37.9 Å². The number of aromatic nitrogens is 1. The molecule has 4 nitrogen and oxygen atoms in total. The Morgan fingerprint density at radius 3 is 2.85 bits per heavy atom. The minimum atomic E-state index is -0.459. The van der Waals surface area contributed by atoms with Crippen LogP contribution in [0.1, 0.15) is 52.0 Å². The average Bonchev–Trinajstić information content (AvgIpc) is 2.58. The molecule has 3 heterocycles. The van der Waals surface area contributed by atoms with Crippen LogP contribution in [0.25, 0.3) is 16.5 Å². The van der Waals surface area contributed by atoms with Crippen molar-refractivity contribution in [1.29, 1.82) is 0 Å². The fourth-order valence-electron chi connectivity index (χ4n) is 4.11. The van der Waals surface area contributed by atoms with E-state index in [4.69, 9.17) is 4.74 Å². The molecule has 1 aromatic heterocycles. The van der Waals surface area contributed by atoms with Gasteiger partial charge in [0, 0.05) is 17.6 Å². The molecule has 1 saturated heterocycles. The maximum Gasteiger partial charge on any atom is 0.411 e. The summed E-state index contributed by atoms with van der Waals surface area (Å²) in [5, 5.41) is 1.16. The molecule has 1 amide bonds. The summed E-state index contributed by atoms with van der Waals surface area (Å²) in [5.74, 6) is 0. The van der Waals surface area contributed by atoms with Crippen molar-refractivity contribution in [1.82, 2.24) is 9.88 Å². The molecule has 0 aliphatic carbocycles. The van der Waals surface area contributed by atoms with Crippen molar-refractivity contribution in [3.8, 4) is 0 Å². The molecule has 0 radical (unpaired) electrons. The Hall–Kier alpha value is -2.36. The van der Waals surface area contributed by atoms with Crippen molar-refractivity contribution in [2.24, 2.45) is 0 Å². The Labute approximate surface area is 154 Å². The molecule has 2 aliphatic heterocycles. The van der Waals surface area contributed by atoms with Crippen molar-refractivity contribution in [3.05, 3.63) is 48.2 Å². The van der Waals surface area contributed by atoms with E-state index in [0.29, 0.717) is 0 Å². The molecule has 0 spiro atoms. The summed E-state index contributed by atoms with van der Waals surface area (Å²) >= 11 is 0. The Balaban J connectivity index is 1.64. The third-order valence-corrected chi connectivity index (χ3v) is 5.22. The van der Waals surface area contributed by atoms with Crippen molar-refractivity contribution < 1.29 is 9.53 Å². The zero-order valence-electron chi connectivity index (χ0n) is 15.7. The molecular formula is C22H26N2O2. The van der Waals surface area contributed by atoms with Gasteiger partial charge in [-0.05, 0) is 69.7 Å². The van der Waals surface area contributed by atoms with Gasteiger partial charge in [0.1, 0.15) is 5.60 Å². The van der Waals surface area contributed by atoms with Crippen LogP contribution in [0, 0.1) is 0 Å². The second kappa shape index (κ2) is 6.42. The second-order valence-electron chi connectivity index (χ2n) is 8.35. The lowest BCUT2D eigenvalue weighted by Crippen LogP contribution is -2.53. The third kappa shape index (κ3) is 3.33. The van der Waals surface area contributed by atoms with Gasteiger partial charge in [0.15, 0.2) is 0 Å². The highest BCUT2D eigenvalue weighted by Gasteiger charge is 2.39. The number of pyridine rings is 1. The zero-order valence-corrected chi connectivity index (χ0v) is 15.7. The summed E-state index contributed by atoms with van der Waals surface area (Å²) in [7, 11) is 0. The number of hydrogen-bond acceptors (Lipinski definition) is 3. The lowest BCUT2D eigenvalue weighted by molar-refractivity contribution is 0.0000857. The van der Waals surface area contributed by atoms with Crippen LogP contribution in [0.5, 0.6) is 0 Å². The third-order valence-electron chi connectivity index (χ3n) is 5.22. The molecule has 2 unspecified atom stereocenters. The minimum Gasteiger partial charge on any atom is -0.444 e. The molecule has 1 aromatic carbocycles. The van der Waals surface area contributed by atoms with E-state index in [2.05, 4.69) is 35.3 Å². The van der Waals surface area contributed by atoms with E-state index in [9.17, 15) is 4.79 Å². The molecule has 2 aromatic rings. The largest absolute Gasteiger partial charge is 0.444 e. The number of carbonyl (C=O) groups is 1. The van der Waals surface area contributed by atoms with Crippen molar-refractivity contribution in [3.63, 3.8) is 0 Å². The first kappa shape index (κ1) is 17.1. The Kier molecular flexibility index (Phi) is 4.22. The second-order valence-corrected chi connectivity index (χ2v) is 8.35. The maximum absolute atomic E-state index is 12.7. The lowest BCUT2D eigenvalue weighted by Gasteiger charge is -2.45. The van der Waals surface area contributed by atoms with Crippen molar-refractivity contribution >= 4 is 22.6 Å². The van der Waals surface area contributed by atoms with Crippen molar-refractivity contribution in [2.45, 2.75) is 64.1 Å². The van der Waals surface area contributed by atoms with Crippen LogP contribution in [0.3, 0.4) is 0 Å². The highest BCUT2D eigenvalue weighted by molar-refractivity contribution is 5.84. The smallest absolute Gasteiger partial charge is 0.411 e. The molecule has 2 aliphatic rings. The van der Waals surface area contributed by atoms with Gasteiger partial charge < -0.3 is 4.74 Å². The summed E-state index contributed by atoms with van der Waals surface area (Å²) < 4.78 is 5.66. The normalized spacial score (nSPS) is 22.9. The molecule has 1 fully saturated rings. The molecule has 0 saturated carbocycles. The molecule has 0 N–H and O–H groups in total. The first-order valence-electron chi connectivity index (χ1n) is 9.48. The fourth-order valence-corrected chi connectivity index (χ4v) is 4.11. The van der Waals surface area contributed by atoms with Crippen LogP contribution >= 0.6 is 0 Å². The molecule has 2 bridgehead atoms. The topological polar surface area (TPSA) is 42.4 Å². The van der Waals surface area contributed by atoms with E-state index in [1.54, 1.807) is 0 Å². The SMILES string of the molecule is CC(C)(C)OC(=O)N1C2C=C(c3ccc4cccnc4c3)CC1CCC2. The fraction of sp³-hybridized carbons (Fsp3) is 0.455. The number of fused-ring (bicyclic) bond motifs is 3. The summed E-state index contributed by atoms with van der Waals surface area (Å²) in [6.45, 7) is 5.77. The average molecular weight is 350 g/mol. The number of rotatable bonds is 1. The number of hydrogen-bond donors (Lipinski definition) is 0. The quantitative estimate of drug-likeness (QED) is 0.711. The van der Waals surface area contributed by atoms with Crippen LogP contribution in [0.15, 0.2) is 42.6 Å². The first-order chi connectivity index (χ1) is 12.4. The van der Waals surface area contributed by atoms with E-state index in [-0.39, 0.29) is 18.2 Å². The Morgan fingerprint density at radius 2 is 2.08 bits per heavy atom. The van der Waals surface area contributed by atoms with Gasteiger partial charge >= 0.3 is 6.09 Å². The summed E-state index contributed by atoms with van der Waals surface area (Å²) in [4.78, 5) is 19.2. The van der Waals surface area contributed by atoms with E-state index in [0.717, 1.165) is 36.6 Å². The highest BCUT2D eigenvalue weighted by Crippen LogP contribution is 2.38. The van der Waals surface area contributed by atoms with Gasteiger partial charge in [-0.25, -0.2) is 4.79 Å². The standard InChI is InChI=1S/C22H26N2O2/c1-22(2,3)26-21(25)24-18-7-4-8-19(24)13-17(12-18)16-10-9-15-6-5-11-23-20(15)14-16/h5-6,9-12,14,18-19H,4,7-8,13H2,1-3H3. The number of benzene rings is 1. The van der Waals surface area contributed by atoms with Crippen LogP contribution in [0.2, 0.25) is 0 Å². The van der Waals surface area contributed by atoms with Gasteiger partial charge in [-0.1, -0.05) is 24.3 Å². The number of nitrogens with zero attached hydrogens (tertiary/aromatic N) is 2. The summed E-state index contributed by atoms with van der Waals surface area (Å²) in [5.41, 5.74) is 3.11. The van der Waals surface area contributed by atoms with E-state index in [1.165, 1.54) is 11.1 Å². The van der Waals surface area contributed by atoms with Crippen LogP contribution in [-0.4, -0.2) is 33.7 Å². The molecular weight excluding hydrogens is 324 g/mol. The molecule has 4 rings (SSSR count). The first-order valence-corrected chi connectivity index (χ1v) is 9.48. The number of amides is 1. The predicted molar refractivity (Wildman–Crippen MR) is 104 cm³/mol. The minimum absolute atomic E-state index is 0.131. The highest BCUT2D eigenvalue weighted by atomic mass is 16.6. The van der Waals surface area contributed by atoms with Crippen LogP contribution in [0.4, 0.5) is 4.79 Å². The zero-order chi connectivity index (χ0) is 18.3. The van der Waals surface area contributed by atoms with Crippen molar-refractivity contribution in [2.75, 3.05) is 0 Å². The molecule has 2 atom stereocenters. The van der Waals surface area contributed by atoms with E-state index < -0.39 is 5.60 Å². The van der Waals surface area contributed by atoms with E-state index >= 15 is 0 Å². The Bertz CT molecular complexity index is 866. The van der Waals surface area contributed by atoms with Gasteiger partial charge in [0.25, 0.3) is 0 Å². The monoisotopic (exact) mass is 350 g/mol. The number of ether oxygens (including phenoxy) is 1. The predicted octanol–water partition coefficient (Wildman–Crippen LogP) is 5.18. The van der Waals surface area contributed by atoms with Gasteiger partial charge in [0.2, 0.25) is 0 Å². The lowest BCUT2D eigenvalue weighted by atomic mass is 9.83. The Morgan fingerprint density at radius 1 is 1.23 bits per heavy atom. The summed E-state index contributed by atoms with van der Waals surface area (Å²) in [6.07, 6.45) is 8.02. The maximum atomic E-state index is 12.7. The van der Waals surface area contributed by atoms with Crippen LogP contribution in [-0.2, 0) is 4.74 Å². The van der Waals surface area contributed by atoms with Gasteiger partial charge in [-0.2, -0.15) is 0 Å². The van der Waals surface area contributed by atoms with Gasteiger partial charge in [0.05, 0.1) is 11.6 Å². The van der Waals surface area contributed by atoms with Crippen LogP contribution < -0.4 is 0 Å². The molecule has 26 heavy (non-hydrogen) atoms. The molecule has 136 valence electrons. The number of carbonyl (C=O) groups excluding carboxylic acids is 1. The number of piperidine rings is 1. The molecule has 4 heteroatoms. The van der Waals surface area contributed by atoms with Gasteiger partial charge in [-0.15, -0.1) is 0 Å².